The minimum absolute atomic E-state index is 0.0986. The Bertz CT molecular complexity index is 681. The molecule has 0 amide bonds. The van der Waals surface area contributed by atoms with Crippen LogP contribution in [0.1, 0.15) is 39.3 Å². The van der Waals surface area contributed by atoms with Crippen molar-refractivity contribution in [2.75, 3.05) is 19.3 Å². The van der Waals surface area contributed by atoms with E-state index < -0.39 is 10.0 Å². The standard InChI is InChI=1S/C15H25N3O3S/c1-15(2,3)13-5-6-14(19)18(16-13)11-12-7-9-17(10-8-12)22(4,20)21/h5-6,12H,7-11H2,1-4H3. The Morgan fingerprint density at radius 3 is 2.32 bits per heavy atom. The van der Waals surface area contributed by atoms with Crippen LogP contribution in [0, 0.1) is 5.92 Å². The molecule has 0 radical (unpaired) electrons. The van der Waals surface area contributed by atoms with Crippen molar-refractivity contribution >= 4 is 10.0 Å². The first-order chi connectivity index (χ1) is 10.1. The van der Waals surface area contributed by atoms with Gasteiger partial charge in [0.25, 0.3) is 5.56 Å². The minimum atomic E-state index is -3.11. The molecule has 1 fully saturated rings. The Morgan fingerprint density at radius 2 is 1.82 bits per heavy atom. The first kappa shape index (κ1) is 17.1. The van der Waals surface area contributed by atoms with E-state index in [2.05, 4.69) is 25.9 Å². The molecule has 6 nitrogen and oxygen atoms in total. The van der Waals surface area contributed by atoms with Crippen LogP contribution in [-0.2, 0) is 22.0 Å². The van der Waals surface area contributed by atoms with Crippen molar-refractivity contribution in [1.29, 1.82) is 0 Å². The summed E-state index contributed by atoms with van der Waals surface area (Å²) in [5, 5.41) is 4.48. The maximum absolute atomic E-state index is 12.0. The molecule has 1 aliphatic heterocycles. The number of rotatable bonds is 3. The fourth-order valence-electron chi connectivity index (χ4n) is 2.65. The summed E-state index contributed by atoms with van der Waals surface area (Å²) in [6.07, 6.45) is 2.77. The number of hydrogen-bond donors (Lipinski definition) is 0. The van der Waals surface area contributed by atoms with Gasteiger partial charge in [-0.15, -0.1) is 0 Å². The highest BCUT2D eigenvalue weighted by atomic mass is 32.2. The van der Waals surface area contributed by atoms with Gasteiger partial charge in [0.1, 0.15) is 0 Å². The fourth-order valence-corrected chi connectivity index (χ4v) is 3.52. The van der Waals surface area contributed by atoms with Crippen LogP contribution in [0.25, 0.3) is 0 Å². The van der Waals surface area contributed by atoms with Crippen LogP contribution in [0.2, 0.25) is 0 Å². The summed E-state index contributed by atoms with van der Waals surface area (Å²) >= 11 is 0. The molecule has 0 aliphatic carbocycles. The van der Waals surface area contributed by atoms with E-state index in [4.69, 9.17) is 0 Å². The molecule has 1 saturated heterocycles. The number of hydrogen-bond acceptors (Lipinski definition) is 4. The van der Waals surface area contributed by atoms with Crippen molar-refractivity contribution in [3.63, 3.8) is 0 Å². The topological polar surface area (TPSA) is 72.3 Å². The molecule has 0 N–H and O–H groups in total. The third-order valence-electron chi connectivity index (χ3n) is 4.11. The highest BCUT2D eigenvalue weighted by molar-refractivity contribution is 7.88. The third-order valence-corrected chi connectivity index (χ3v) is 5.41. The average molecular weight is 327 g/mol. The van der Waals surface area contributed by atoms with Gasteiger partial charge in [-0.3, -0.25) is 4.79 Å². The quantitative estimate of drug-likeness (QED) is 0.836. The van der Waals surface area contributed by atoms with Gasteiger partial charge in [0.05, 0.1) is 11.9 Å². The summed E-state index contributed by atoms with van der Waals surface area (Å²) in [6, 6.07) is 3.35. The number of aromatic nitrogens is 2. The van der Waals surface area contributed by atoms with E-state index in [1.165, 1.54) is 15.2 Å². The molecular formula is C15H25N3O3S. The average Bonchev–Trinajstić information content (AvgIpc) is 2.39. The molecule has 0 saturated carbocycles. The van der Waals surface area contributed by atoms with Crippen LogP contribution in [0.4, 0.5) is 0 Å². The first-order valence-electron chi connectivity index (χ1n) is 7.61. The van der Waals surface area contributed by atoms with Crippen molar-refractivity contribution in [3.8, 4) is 0 Å². The molecule has 124 valence electrons. The van der Waals surface area contributed by atoms with Gasteiger partial charge in [0.15, 0.2) is 0 Å². The molecule has 1 aromatic heterocycles. The minimum Gasteiger partial charge on any atom is -0.268 e. The lowest BCUT2D eigenvalue weighted by Gasteiger charge is -2.30. The molecule has 0 unspecified atom stereocenters. The van der Waals surface area contributed by atoms with Gasteiger partial charge in [-0.2, -0.15) is 5.10 Å². The van der Waals surface area contributed by atoms with Gasteiger partial charge in [0, 0.05) is 31.1 Å². The van der Waals surface area contributed by atoms with Crippen LogP contribution >= 0.6 is 0 Å². The van der Waals surface area contributed by atoms with E-state index in [1.807, 2.05) is 0 Å². The van der Waals surface area contributed by atoms with Gasteiger partial charge in [0.2, 0.25) is 10.0 Å². The molecule has 1 aromatic rings. The van der Waals surface area contributed by atoms with Crippen LogP contribution in [0.15, 0.2) is 16.9 Å². The molecular weight excluding hydrogens is 302 g/mol. The van der Waals surface area contributed by atoms with Crippen LogP contribution in [-0.4, -0.2) is 41.8 Å². The molecule has 0 aromatic carbocycles. The molecule has 0 spiro atoms. The molecule has 22 heavy (non-hydrogen) atoms. The summed E-state index contributed by atoms with van der Waals surface area (Å²) in [6.45, 7) is 7.80. The summed E-state index contributed by atoms with van der Waals surface area (Å²) in [7, 11) is -3.11. The highest BCUT2D eigenvalue weighted by Gasteiger charge is 2.26. The molecule has 7 heteroatoms. The van der Waals surface area contributed by atoms with Gasteiger partial charge < -0.3 is 0 Å². The number of piperidine rings is 1. The van der Waals surface area contributed by atoms with Crippen LogP contribution in [0.3, 0.4) is 0 Å². The van der Waals surface area contributed by atoms with Crippen LogP contribution in [0.5, 0.6) is 0 Å². The van der Waals surface area contributed by atoms with Crippen molar-refractivity contribution < 1.29 is 8.42 Å². The van der Waals surface area contributed by atoms with Crippen molar-refractivity contribution in [1.82, 2.24) is 14.1 Å². The summed E-state index contributed by atoms with van der Waals surface area (Å²) < 4.78 is 26.1. The van der Waals surface area contributed by atoms with Crippen molar-refractivity contribution in [3.05, 3.63) is 28.2 Å². The summed E-state index contributed by atoms with van der Waals surface area (Å²) in [4.78, 5) is 12.0. The Kier molecular flexibility index (Phi) is 4.77. The third kappa shape index (κ3) is 4.16. The Hall–Kier alpha value is -1.21. The highest BCUT2D eigenvalue weighted by Crippen LogP contribution is 2.21. The van der Waals surface area contributed by atoms with Crippen LogP contribution < -0.4 is 5.56 Å². The second-order valence-corrected chi connectivity index (χ2v) is 9.08. The van der Waals surface area contributed by atoms with E-state index in [1.54, 1.807) is 12.1 Å². The normalized spacial score (nSPS) is 18.5. The van der Waals surface area contributed by atoms with E-state index in [9.17, 15) is 13.2 Å². The van der Waals surface area contributed by atoms with E-state index in [0.29, 0.717) is 25.6 Å². The summed E-state index contributed by atoms with van der Waals surface area (Å²) in [5.74, 6) is 0.290. The van der Waals surface area contributed by atoms with Gasteiger partial charge in [-0.1, -0.05) is 20.8 Å². The Morgan fingerprint density at radius 1 is 1.23 bits per heavy atom. The largest absolute Gasteiger partial charge is 0.268 e. The Balaban J connectivity index is 2.08. The molecule has 0 bridgehead atoms. The molecule has 0 atom stereocenters. The van der Waals surface area contributed by atoms with Gasteiger partial charge in [-0.05, 0) is 24.8 Å². The number of nitrogens with zero attached hydrogens (tertiary/aromatic N) is 3. The predicted molar refractivity (Wildman–Crippen MR) is 86.3 cm³/mol. The van der Waals surface area contributed by atoms with Crippen molar-refractivity contribution in [2.45, 2.75) is 45.6 Å². The maximum atomic E-state index is 12.0. The SMILES string of the molecule is CC(C)(C)c1ccc(=O)n(CC2CCN(S(C)(=O)=O)CC2)n1. The Labute approximate surface area is 132 Å². The second-order valence-electron chi connectivity index (χ2n) is 7.09. The first-order valence-corrected chi connectivity index (χ1v) is 9.46. The van der Waals surface area contributed by atoms with Crippen molar-refractivity contribution in [2.24, 2.45) is 5.92 Å². The predicted octanol–water partition coefficient (Wildman–Crippen LogP) is 1.21. The van der Waals surface area contributed by atoms with E-state index in [-0.39, 0.29) is 11.0 Å². The molecule has 2 rings (SSSR count). The molecule has 2 heterocycles. The number of sulfonamides is 1. The molecule has 1 aliphatic rings. The van der Waals surface area contributed by atoms with Gasteiger partial charge >= 0.3 is 0 Å². The lowest BCUT2D eigenvalue weighted by atomic mass is 9.92. The lowest BCUT2D eigenvalue weighted by molar-refractivity contribution is 0.244. The zero-order valence-corrected chi connectivity index (χ0v) is 14.6. The zero-order chi connectivity index (χ0) is 16.5. The lowest BCUT2D eigenvalue weighted by Crippen LogP contribution is -2.40. The van der Waals surface area contributed by atoms with Gasteiger partial charge in [-0.25, -0.2) is 17.4 Å². The fraction of sp³-hybridized carbons (Fsp3) is 0.733. The second kappa shape index (κ2) is 6.12. The summed E-state index contributed by atoms with van der Waals surface area (Å²) in [5.41, 5.74) is 0.689. The van der Waals surface area contributed by atoms with E-state index in [0.717, 1.165) is 18.5 Å². The smallest absolute Gasteiger partial charge is 0.266 e. The zero-order valence-electron chi connectivity index (χ0n) is 13.7. The van der Waals surface area contributed by atoms with E-state index >= 15 is 0 Å². The maximum Gasteiger partial charge on any atom is 0.266 e. The monoisotopic (exact) mass is 327 g/mol.